The van der Waals surface area contributed by atoms with Crippen LogP contribution in [0.5, 0.6) is 0 Å². The second kappa shape index (κ2) is 6.61. The van der Waals surface area contributed by atoms with Crippen LogP contribution in [0.2, 0.25) is 0 Å². The van der Waals surface area contributed by atoms with E-state index in [1.807, 2.05) is 41.8 Å². The summed E-state index contributed by atoms with van der Waals surface area (Å²) in [5.74, 6) is 0.271. The third kappa shape index (κ3) is 3.35. The molecule has 0 aromatic carbocycles. The third-order valence-corrected chi connectivity index (χ3v) is 4.20. The molecular formula is C16H22N4O. The van der Waals surface area contributed by atoms with E-state index in [9.17, 15) is 4.79 Å². The molecule has 1 saturated heterocycles. The molecule has 1 N–H and O–H groups in total. The molecule has 1 fully saturated rings. The predicted octanol–water partition coefficient (Wildman–Crippen LogP) is 2.75. The number of hydrogen-bond donors (Lipinski definition) is 1. The molecular weight excluding hydrogens is 264 g/mol. The Labute approximate surface area is 125 Å². The quantitative estimate of drug-likeness (QED) is 0.919. The Hall–Kier alpha value is -2.04. The number of rotatable bonds is 5. The number of nitrogens with one attached hydrogen (secondary N) is 1. The lowest BCUT2D eigenvalue weighted by atomic mass is 9.97. The second-order valence-corrected chi connectivity index (χ2v) is 5.65. The molecule has 1 amide bonds. The molecule has 0 aliphatic carbocycles. The normalized spacial score (nSPS) is 18.9. The van der Waals surface area contributed by atoms with Crippen LogP contribution >= 0.6 is 0 Å². The first-order valence-corrected chi connectivity index (χ1v) is 7.73. The molecule has 112 valence electrons. The fourth-order valence-corrected chi connectivity index (χ4v) is 3.10. The van der Waals surface area contributed by atoms with Crippen molar-refractivity contribution in [1.82, 2.24) is 19.7 Å². The average molecular weight is 286 g/mol. The summed E-state index contributed by atoms with van der Waals surface area (Å²) in [6.07, 6.45) is 12.7. The first-order valence-electron chi connectivity index (χ1n) is 7.73. The van der Waals surface area contributed by atoms with Crippen molar-refractivity contribution in [2.45, 2.75) is 44.7 Å². The zero-order chi connectivity index (χ0) is 14.5. The molecule has 1 aliphatic heterocycles. The van der Waals surface area contributed by atoms with Gasteiger partial charge < -0.3 is 9.47 Å². The van der Waals surface area contributed by atoms with Crippen LogP contribution in [-0.4, -0.2) is 32.1 Å². The number of aryl methyl sites for hydroxylation is 1. The maximum atomic E-state index is 12.5. The summed E-state index contributed by atoms with van der Waals surface area (Å²) in [4.78, 5) is 14.6. The van der Waals surface area contributed by atoms with Gasteiger partial charge in [0, 0.05) is 43.7 Å². The number of carbonyl (C=O) groups is 1. The van der Waals surface area contributed by atoms with E-state index in [4.69, 9.17) is 0 Å². The van der Waals surface area contributed by atoms with Crippen LogP contribution in [0.3, 0.4) is 0 Å². The summed E-state index contributed by atoms with van der Waals surface area (Å²) in [6.45, 7) is 1.78. The molecule has 1 aliphatic rings. The molecule has 0 bridgehead atoms. The molecule has 0 spiro atoms. The van der Waals surface area contributed by atoms with Gasteiger partial charge in [0.15, 0.2) is 0 Å². The first-order chi connectivity index (χ1) is 10.3. The van der Waals surface area contributed by atoms with Gasteiger partial charge in [-0.3, -0.25) is 9.89 Å². The molecule has 0 unspecified atom stereocenters. The van der Waals surface area contributed by atoms with Crippen LogP contribution < -0.4 is 0 Å². The molecule has 2 aromatic heterocycles. The molecule has 21 heavy (non-hydrogen) atoms. The maximum Gasteiger partial charge on any atom is 0.223 e. The van der Waals surface area contributed by atoms with E-state index in [1.165, 1.54) is 6.42 Å². The van der Waals surface area contributed by atoms with Crippen LogP contribution in [0.25, 0.3) is 0 Å². The van der Waals surface area contributed by atoms with Crippen LogP contribution in [0, 0.1) is 0 Å². The Balaban J connectivity index is 1.56. The highest BCUT2D eigenvalue weighted by Crippen LogP contribution is 2.30. The molecule has 0 saturated carbocycles. The SMILES string of the molecule is O=C(CCCn1cccc1)N1CCCC[C@H]1c1cn[nH]c1. The van der Waals surface area contributed by atoms with Crippen molar-refractivity contribution in [3.63, 3.8) is 0 Å². The number of amides is 1. The summed E-state index contributed by atoms with van der Waals surface area (Å²) in [5.41, 5.74) is 1.13. The molecule has 3 heterocycles. The number of nitrogens with zero attached hydrogens (tertiary/aromatic N) is 3. The first kappa shape index (κ1) is 13.9. The highest BCUT2D eigenvalue weighted by Gasteiger charge is 2.27. The highest BCUT2D eigenvalue weighted by molar-refractivity contribution is 5.76. The minimum atomic E-state index is 0.205. The van der Waals surface area contributed by atoms with Crippen LogP contribution in [0.1, 0.15) is 43.7 Å². The number of piperidine rings is 1. The Morgan fingerprint density at radius 3 is 2.95 bits per heavy atom. The van der Waals surface area contributed by atoms with Crippen molar-refractivity contribution in [3.8, 4) is 0 Å². The Morgan fingerprint density at radius 1 is 1.33 bits per heavy atom. The van der Waals surface area contributed by atoms with E-state index < -0.39 is 0 Å². The zero-order valence-electron chi connectivity index (χ0n) is 12.2. The topological polar surface area (TPSA) is 53.9 Å². The van der Waals surface area contributed by atoms with Crippen molar-refractivity contribution < 1.29 is 4.79 Å². The van der Waals surface area contributed by atoms with Crippen LogP contribution in [0.15, 0.2) is 36.9 Å². The number of H-pyrrole nitrogens is 1. The number of likely N-dealkylation sites (tertiary alicyclic amines) is 1. The highest BCUT2D eigenvalue weighted by atomic mass is 16.2. The van der Waals surface area contributed by atoms with Gasteiger partial charge in [0.2, 0.25) is 5.91 Å². The van der Waals surface area contributed by atoms with Crippen molar-refractivity contribution in [2.75, 3.05) is 6.54 Å². The zero-order valence-corrected chi connectivity index (χ0v) is 12.2. The lowest BCUT2D eigenvalue weighted by Crippen LogP contribution is -2.38. The largest absolute Gasteiger partial charge is 0.354 e. The Kier molecular flexibility index (Phi) is 4.38. The van der Waals surface area contributed by atoms with E-state index in [2.05, 4.69) is 14.8 Å². The lowest BCUT2D eigenvalue weighted by molar-refractivity contribution is -0.135. The van der Waals surface area contributed by atoms with E-state index in [1.54, 1.807) is 0 Å². The summed E-state index contributed by atoms with van der Waals surface area (Å²) in [5, 5.41) is 6.88. The van der Waals surface area contributed by atoms with Gasteiger partial charge in [-0.15, -0.1) is 0 Å². The van der Waals surface area contributed by atoms with E-state index >= 15 is 0 Å². The molecule has 3 rings (SSSR count). The van der Waals surface area contributed by atoms with Crippen molar-refractivity contribution in [3.05, 3.63) is 42.5 Å². The Bertz CT molecular complexity index is 547. The van der Waals surface area contributed by atoms with Crippen LogP contribution in [-0.2, 0) is 11.3 Å². The number of aromatic nitrogens is 3. The second-order valence-electron chi connectivity index (χ2n) is 5.65. The third-order valence-electron chi connectivity index (χ3n) is 4.20. The van der Waals surface area contributed by atoms with Gasteiger partial charge in [-0.05, 0) is 37.8 Å². The van der Waals surface area contributed by atoms with Crippen LogP contribution in [0.4, 0.5) is 0 Å². The molecule has 5 nitrogen and oxygen atoms in total. The van der Waals surface area contributed by atoms with Gasteiger partial charge in [0.25, 0.3) is 0 Å². The standard InChI is InChI=1S/C16H22N4O/c21-16(7-5-10-19-8-3-4-9-19)20-11-2-1-6-15(20)14-12-17-18-13-14/h3-4,8-9,12-13,15H,1-2,5-7,10-11H2,(H,17,18)/t15-/m0/s1. The minimum absolute atomic E-state index is 0.205. The predicted molar refractivity (Wildman–Crippen MR) is 80.6 cm³/mol. The van der Waals surface area contributed by atoms with Gasteiger partial charge in [-0.25, -0.2) is 0 Å². The molecule has 1 atom stereocenters. The van der Waals surface area contributed by atoms with E-state index in [0.717, 1.165) is 37.9 Å². The number of aromatic amines is 1. The van der Waals surface area contributed by atoms with Crippen molar-refractivity contribution in [2.24, 2.45) is 0 Å². The molecule has 2 aromatic rings. The van der Waals surface area contributed by atoms with Gasteiger partial charge in [0.05, 0.1) is 12.2 Å². The van der Waals surface area contributed by atoms with E-state index in [-0.39, 0.29) is 11.9 Å². The van der Waals surface area contributed by atoms with Gasteiger partial charge in [-0.1, -0.05) is 0 Å². The summed E-state index contributed by atoms with van der Waals surface area (Å²) in [7, 11) is 0. The fraction of sp³-hybridized carbons (Fsp3) is 0.500. The summed E-state index contributed by atoms with van der Waals surface area (Å²) >= 11 is 0. The number of hydrogen-bond acceptors (Lipinski definition) is 2. The smallest absolute Gasteiger partial charge is 0.223 e. The van der Waals surface area contributed by atoms with E-state index in [0.29, 0.717) is 6.42 Å². The van der Waals surface area contributed by atoms with Crippen molar-refractivity contribution >= 4 is 5.91 Å². The average Bonchev–Trinajstić information content (AvgIpc) is 3.20. The maximum absolute atomic E-state index is 12.5. The monoisotopic (exact) mass is 286 g/mol. The van der Waals surface area contributed by atoms with Gasteiger partial charge >= 0.3 is 0 Å². The molecule has 0 radical (unpaired) electrons. The van der Waals surface area contributed by atoms with Gasteiger partial charge in [0.1, 0.15) is 0 Å². The lowest BCUT2D eigenvalue weighted by Gasteiger charge is -2.35. The molecule has 5 heteroatoms. The summed E-state index contributed by atoms with van der Waals surface area (Å²) in [6, 6.07) is 4.24. The van der Waals surface area contributed by atoms with Gasteiger partial charge in [-0.2, -0.15) is 5.10 Å². The van der Waals surface area contributed by atoms with Crippen molar-refractivity contribution in [1.29, 1.82) is 0 Å². The summed E-state index contributed by atoms with van der Waals surface area (Å²) < 4.78 is 2.12. The number of carbonyl (C=O) groups excluding carboxylic acids is 1. The minimum Gasteiger partial charge on any atom is -0.354 e. The fourth-order valence-electron chi connectivity index (χ4n) is 3.10. The Morgan fingerprint density at radius 2 is 2.19 bits per heavy atom.